The highest BCUT2D eigenvalue weighted by Crippen LogP contribution is 2.10. The molecule has 0 radical (unpaired) electrons. The lowest BCUT2D eigenvalue weighted by Crippen LogP contribution is -2.28. The van der Waals surface area contributed by atoms with Gasteiger partial charge in [0.2, 0.25) is 0 Å². The highest BCUT2D eigenvalue weighted by molar-refractivity contribution is 6.29. The topological polar surface area (TPSA) is 84.3 Å². The summed E-state index contributed by atoms with van der Waals surface area (Å²) in [4.78, 5) is 41.5. The van der Waals surface area contributed by atoms with Gasteiger partial charge in [-0.05, 0) is 18.2 Å². The Morgan fingerprint density at radius 1 is 1.26 bits per heavy atom. The summed E-state index contributed by atoms with van der Waals surface area (Å²) in [5.41, 5.74) is 0.137. The molecule has 1 N–H and O–H groups in total. The van der Waals surface area contributed by atoms with Crippen LogP contribution in [0.4, 0.5) is 5.69 Å². The number of rotatable bonds is 3. The van der Waals surface area contributed by atoms with Crippen LogP contribution in [0.2, 0.25) is 5.15 Å². The standard InChI is InChI=1S/C15H15ClN4O3/c1-19(2)14(22)10-6-11(15(23)20(3)8-10)18-13(21)9-4-5-12(16)17-7-9/h4-8H,1-3H3,(H,18,21). The van der Waals surface area contributed by atoms with Crippen molar-refractivity contribution < 1.29 is 9.59 Å². The van der Waals surface area contributed by atoms with Crippen molar-refractivity contribution in [3.8, 4) is 0 Å². The number of aromatic nitrogens is 2. The lowest BCUT2D eigenvalue weighted by molar-refractivity contribution is 0.0826. The highest BCUT2D eigenvalue weighted by atomic mass is 35.5. The largest absolute Gasteiger partial charge is 0.345 e. The van der Waals surface area contributed by atoms with Crippen LogP contribution in [-0.4, -0.2) is 40.4 Å². The summed E-state index contributed by atoms with van der Waals surface area (Å²) in [6.45, 7) is 0. The number of halogens is 1. The van der Waals surface area contributed by atoms with Crippen molar-refractivity contribution in [2.45, 2.75) is 0 Å². The second-order valence-electron chi connectivity index (χ2n) is 5.08. The van der Waals surface area contributed by atoms with Gasteiger partial charge in [0, 0.05) is 33.5 Å². The van der Waals surface area contributed by atoms with Crippen molar-refractivity contribution in [2.24, 2.45) is 7.05 Å². The molecule has 7 nitrogen and oxygen atoms in total. The number of aryl methyl sites for hydroxylation is 1. The van der Waals surface area contributed by atoms with E-state index in [1.54, 1.807) is 14.1 Å². The first-order chi connectivity index (χ1) is 10.8. The Morgan fingerprint density at radius 2 is 1.96 bits per heavy atom. The number of hydrogen-bond acceptors (Lipinski definition) is 4. The zero-order chi connectivity index (χ0) is 17.1. The normalized spacial score (nSPS) is 10.3. The molecule has 8 heteroatoms. The zero-order valence-electron chi connectivity index (χ0n) is 12.8. The van der Waals surface area contributed by atoms with Crippen molar-refractivity contribution >= 4 is 29.1 Å². The SMILES string of the molecule is CN(C)C(=O)c1cc(NC(=O)c2ccc(Cl)nc2)c(=O)n(C)c1. The molecule has 0 aliphatic rings. The lowest BCUT2D eigenvalue weighted by atomic mass is 10.2. The van der Waals surface area contributed by atoms with Crippen molar-refractivity contribution in [1.29, 1.82) is 0 Å². The fourth-order valence-corrected chi connectivity index (χ4v) is 1.99. The van der Waals surface area contributed by atoms with E-state index in [1.165, 1.54) is 47.1 Å². The molecule has 0 atom stereocenters. The molecule has 2 amide bonds. The van der Waals surface area contributed by atoms with Crippen LogP contribution >= 0.6 is 11.6 Å². The maximum atomic E-state index is 12.2. The van der Waals surface area contributed by atoms with Crippen LogP contribution in [0.25, 0.3) is 0 Å². The van der Waals surface area contributed by atoms with Gasteiger partial charge in [-0.1, -0.05) is 11.6 Å². The van der Waals surface area contributed by atoms with E-state index in [2.05, 4.69) is 10.3 Å². The molecule has 2 heterocycles. The summed E-state index contributed by atoms with van der Waals surface area (Å²) < 4.78 is 1.24. The molecule has 120 valence electrons. The van der Waals surface area contributed by atoms with Gasteiger partial charge in [-0.2, -0.15) is 0 Å². The van der Waals surface area contributed by atoms with Gasteiger partial charge >= 0.3 is 0 Å². The molecule has 2 aromatic rings. The van der Waals surface area contributed by atoms with Crippen LogP contribution in [0.3, 0.4) is 0 Å². The molecule has 0 saturated heterocycles. The molecule has 0 aromatic carbocycles. The van der Waals surface area contributed by atoms with E-state index in [0.29, 0.717) is 5.56 Å². The van der Waals surface area contributed by atoms with Crippen LogP contribution in [0.1, 0.15) is 20.7 Å². The maximum Gasteiger partial charge on any atom is 0.274 e. The summed E-state index contributed by atoms with van der Waals surface area (Å²) in [5, 5.41) is 2.76. The first-order valence-electron chi connectivity index (χ1n) is 6.65. The van der Waals surface area contributed by atoms with Crippen molar-refractivity contribution in [2.75, 3.05) is 19.4 Å². The summed E-state index contributed by atoms with van der Waals surface area (Å²) >= 11 is 5.67. The number of anilines is 1. The van der Waals surface area contributed by atoms with E-state index in [9.17, 15) is 14.4 Å². The van der Waals surface area contributed by atoms with Crippen LogP contribution in [0, 0.1) is 0 Å². The first-order valence-corrected chi connectivity index (χ1v) is 7.02. The van der Waals surface area contributed by atoms with E-state index in [0.717, 1.165) is 0 Å². The predicted octanol–water partition coefficient (Wildman–Crippen LogP) is 1.39. The smallest absolute Gasteiger partial charge is 0.274 e. The molecular weight excluding hydrogens is 320 g/mol. The Balaban J connectivity index is 2.35. The van der Waals surface area contributed by atoms with E-state index in [-0.39, 0.29) is 22.3 Å². The molecule has 0 saturated carbocycles. The van der Waals surface area contributed by atoms with Crippen LogP contribution in [-0.2, 0) is 7.05 Å². The Bertz CT molecular complexity index is 812. The number of carbonyl (C=O) groups excluding carboxylic acids is 2. The molecule has 2 aromatic heterocycles. The molecule has 0 spiro atoms. The van der Waals surface area contributed by atoms with Crippen LogP contribution in [0.15, 0.2) is 35.4 Å². The van der Waals surface area contributed by atoms with E-state index >= 15 is 0 Å². The Labute approximate surface area is 137 Å². The summed E-state index contributed by atoms with van der Waals surface area (Å²) in [5.74, 6) is -0.787. The second kappa shape index (κ2) is 6.62. The first kappa shape index (κ1) is 16.7. The minimum absolute atomic E-state index is 0.0140. The van der Waals surface area contributed by atoms with E-state index in [4.69, 9.17) is 11.6 Å². The number of nitrogens with one attached hydrogen (secondary N) is 1. The highest BCUT2D eigenvalue weighted by Gasteiger charge is 2.15. The van der Waals surface area contributed by atoms with Gasteiger partial charge in [-0.3, -0.25) is 14.4 Å². The van der Waals surface area contributed by atoms with Gasteiger partial charge in [0.25, 0.3) is 17.4 Å². The average molecular weight is 335 g/mol. The molecule has 0 bridgehead atoms. The minimum atomic E-state index is -0.513. The van der Waals surface area contributed by atoms with Crippen LogP contribution in [0.5, 0.6) is 0 Å². The zero-order valence-corrected chi connectivity index (χ0v) is 13.6. The molecule has 23 heavy (non-hydrogen) atoms. The van der Waals surface area contributed by atoms with Crippen molar-refractivity contribution in [3.63, 3.8) is 0 Å². The van der Waals surface area contributed by atoms with E-state index < -0.39 is 11.5 Å². The fraction of sp³-hybridized carbons (Fsp3) is 0.200. The minimum Gasteiger partial charge on any atom is -0.345 e. The van der Waals surface area contributed by atoms with Gasteiger partial charge < -0.3 is 14.8 Å². The number of nitrogens with zero attached hydrogens (tertiary/aromatic N) is 3. The molecular formula is C15H15ClN4O3. The third-order valence-electron chi connectivity index (χ3n) is 3.07. The summed E-state index contributed by atoms with van der Waals surface area (Å²) in [6, 6.07) is 4.32. The molecule has 0 aliphatic heterocycles. The third kappa shape index (κ3) is 3.75. The molecule has 2 rings (SSSR count). The monoisotopic (exact) mass is 334 g/mol. The van der Waals surface area contributed by atoms with E-state index in [1.807, 2.05) is 0 Å². The van der Waals surface area contributed by atoms with Gasteiger partial charge in [0.1, 0.15) is 10.8 Å². The number of amides is 2. The Morgan fingerprint density at radius 3 is 2.52 bits per heavy atom. The molecule has 0 aliphatic carbocycles. The number of hydrogen-bond donors (Lipinski definition) is 1. The van der Waals surface area contributed by atoms with Gasteiger partial charge in [-0.15, -0.1) is 0 Å². The fourth-order valence-electron chi connectivity index (χ4n) is 1.88. The Hall–Kier alpha value is -2.67. The quantitative estimate of drug-likeness (QED) is 0.860. The third-order valence-corrected chi connectivity index (χ3v) is 3.30. The van der Waals surface area contributed by atoms with Crippen LogP contribution < -0.4 is 10.9 Å². The predicted molar refractivity (Wildman–Crippen MR) is 86.9 cm³/mol. The van der Waals surface area contributed by atoms with Gasteiger partial charge in [0.05, 0.1) is 11.1 Å². The molecule has 0 fully saturated rings. The number of carbonyl (C=O) groups is 2. The summed E-state index contributed by atoms with van der Waals surface area (Å²) in [6.07, 6.45) is 2.72. The maximum absolute atomic E-state index is 12.2. The van der Waals surface area contributed by atoms with Crippen molar-refractivity contribution in [3.05, 3.63) is 57.2 Å². The number of pyridine rings is 2. The lowest BCUT2D eigenvalue weighted by Gasteiger charge is -2.13. The Kier molecular flexibility index (Phi) is 4.80. The summed E-state index contributed by atoms with van der Waals surface area (Å²) in [7, 11) is 4.71. The van der Waals surface area contributed by atoms with Gasteiger partial charge in [-0.25, -0.2) is 4.98 Å². The molecule has 0 unspecified atom stereocenters. The second-order valence-corrected chi connectivity index (χ2v) is 5.47. The van der Waals surface area contributed by atoms with Crippen molar-refractivity contribution in [1.82, 2.24) is 14.5 Å². The van der Waals surface area contributed by atoms with Gasteiger partial charge in [0.15, 0.2) is 0 Å². The average Bonchev–Trinajstić information content (AvgIpc) is 2.51.